The van der Waals surface area contributed by atoms with E-state index in [2.05, 4.69) is 10.3 Å². The maximum atomic E-state index is 13.8. The Kier molecular flexibility index (Phi) is 4.20. The van der Waals surface area contributed by atoms with Gasteiger partial charge in [0, 0.05) is 11.3 Å². The minimum absolute atomic E-state index is 0.00953. The molecule has 0 spiro atoms. The van der Waals surface area contributed by atoms with Crippen LogP contribution in [0.15, 0.2) is 65.1 Å². The molecule has 1 N–H and O–H groups in total. The summed E-state index contributed by atoms with van der Waals surface area (Å²) in [5.41, 5.74) is 4.91. The van der Waals surface area contributed by atoms with E-state index < -0.39 is 11.7 Å². The van der Waals surface area contributed by atoms with E-state index in [1.54, 1.807) is 18.2 Å². The van der Waals surface area contributed by atoms with Crippen LogP contribution in [0.3, 0.4) is 0 Å². The van der Waals surface area contributed by atoms with E-state index in [0.29, 0.717) is 11.6 Å². The summed E-state index contributed by atoms with van der Waals surface area (Å²) in [4.78, 5) is 16.8. The van der Waals surface area contributed by atoms with E-state index >= 15 is 0 Å². The molecule has 1 heterocycles. The number of nitrogens with one attached hydrogen (secondary N) is 1. The van der Waals surface area contributed by atoms with E-state index in [-0.39, 0.29) is 5.56 Å². The Labute approximate surface area is 155 Å². The summed E-state index contributed by atoms with van der Waals surface area (Å²) in [6.45, 7) is 3.87. The van der Waals surface area contributed by atoms with Crippen LogP contribution in [0.2, 0.25) is 0 Å². The van der Waals surface area contributed by atoms with E-state index in [4.69, 9.17) is 4.42 Å². The van der Waals surface area contributed by atoms with E-state index in [1.807, 2.05) is 44.2 Å². The van der Waals surface area contributed by atoms with Crippen LogP contribution in [-0.4, -0.2) is 10.9 Å². The highest BCUT2D eigenvalue weighted by atomic mass is 19.1. The van der Waals surface area contributed by atoms with Gasteiger partial charge in [0.25, 0.3) is 5.91 Å². The fraction of sp³-hybridized carbons (Fsp3) is 0.0909. The monoisotopic (exact) mass is 360 g/mol. The van der Waals surface area contributed by atoms with Crippen molar-refractivity contribution >= 4 is 22.7 Å². The van der Waals surface area contributed by atoms with Crippen LogP contribution in [-0.2, 0) is 0 Å². The number of aromatic nitrogens is 1. The number of halogens is 1. The highest BCUT2D eigenvalue weighted by Gasteiger charge is 2.14. The topological polar surface area (TPSA) is 55.1 Å². The lowest BCUT2D eigenvalue weighted by atomic mass is 10.1. The summed E-state index contributed by atoms with van der Waals surface area (Å²) in [7, 11) is 0. The Hall–Kier alpha value is -3.47. The van der Waals surface area contributed by atoms with Crippen molar-refractivity contribution in [2.24, 2.45) is 0 Å². The molecule has 0 radical (unpaired) electrons. The van der Waals surface area contributed by atoms with Crippen LogP contribution in [0.1, 0.15) is 21.5 Å². The number of aryl methyl sites for hydroxylation is 2. The molecular formula is C22H17FN2O2. The smallest absolute Gasteiger partial charge is 0.258 e. The quantitative estimate of drug-likeness (QED) is 0.525. The van der Waals surface area contributed by atoms with Gasteiger partial charge in [-0.15, -0.1) is 0 Å². The predicted octanol–water partition coefficient (Wildman–Crippen LogP) is 5.50. The number of oxazole rings is 1. The van der Waals surface area contributed by atoms with Gasteiger partial charge < -0.3 is 9.73 Å². The lowest BCUT2D eigenvalue weighted by Crippen LogP contribution is -2.14. The van der Waals surface area contributed by atoms with E-state index in [0.717, 1.165) is 27.8 Å². The Morgan fingerprint density at radius 1 is 1.04 bits per heavy atom. The zero-order chi connectivity index (χ0) is 19.0. The number of hydrogen-bond donors (Lipinski definition) is 1. The Bertz CT molecular complexity index is 1160. The van der Waals surface area contributed by atoms with Gasteiger partial charge in [0.05, 0.1) is 5.56 Å². The molecule has 0 aliphatic carbocycles. The molecule has 4 aromatic rings. The summed E-state index contributed by atoms with van der Waals surface area (Å²) in [6, 6.07) is 17.2. The summed E-state index contributed by atoms with van der Waals surface area (Å²) in [5.74, 6) is -0.516. The molecule has 0 atom stereocenters. The van der Waals surface area contributed by atoms with Gasteiger partial charge in [-0.25, -0.2) is 9.37 Å². The summed E-state index contributed by atoms with van der Waals surface area (Å²) >= 11 is 0. The average Bonchev–Trinajstić information content (AvgIpc) is 3.06. The molecule has 3 aromatic carbocycles. The Morgan fingerprint density at radius 2 is 1.85 bits per heavy atom. The van der Waals surface area contributed by atoms with Crippen molar-refractivity contribution in [2.45, 2.75) is 13.8 Å². The predicted molar refractivity (Wildman–Crippen MR) is 103 cm³/mol. The second kappa shape index (κ2) is 6.68. The van der Waals surface area contributed by atoms with Crippen LogP contribution in [0.4, 0.5) is 10.1 Å². The normalized spacial score (nSPS) is 10.9. The second-order valence-electron chi connectivity index (χ2n) is 6.45. The molecule has 0 unspecified atom stereocenters. The zero-order valence-electron chi connectivity index (χ0n) is 14.9. The molecule has 1 amide bonds. The Balaban J connectivity index is 1.62. The lowest BCUT2D eigenvalue weighted by molar-refractivity contribution is 0.102. The summed E-state index contributed by atoms with van der Waals surface area (Å²) in [6.07, 6.45) is 0. The molecule has 0 bridgehead atoms. The first-order chi connectivity index (χ1) is 13.0. The summed E-state index contributed by atoms with van der Waals surface area (Å²) < 4.78 is 19.6. The maximum absolute atomic E-state index is 13.8. The van der Waals surface area contributed by atoms with Crippen molar-refractivity contribution in [3.8, 4) is 11.5 Å². The van der Waals surface area contributed by atoms with Crippen LogP contribution in [0.5, 0.6) is 0 Å². The molecule has 4 rings (SSSR count). The van der Waals surface area contributed by atoms with Crippen LogP contribution < -0.4 is 5.32 Å². The molecule has 134 valence electrons. The van der Waals surface area contributed by atoms with Crippen LogP contribution >= 0.6 is 0 Å². The number of rotatable bonds is 3. The largest absolute Gasteiger partial charge is 0.436 e. The molecule has 1 aromatic heterocycles. The standard InChI is InChI=1S/C22H17FN2O2/c1-13-7-10-20-19(11-13)25-22(27-20)15-8-9-18(14(2)12-15)24-21(26)16-5-3-4-6-17(16)23/h3-12H,1-2H3,(H,24,26). The molecule has 4 nitrogen and oxygen atoms in total. The number of anilines is 1. The van der Waals surface area contributed by atoms with Crippen molar-refractivity contribution in [1.82, 2.24) is 4.98 Å². The highest BCUT2D eigenvalue weighted by Crippen LogP contribution is 2.28. The van der Waals surface area contributed by atoms with Gasteiger partial charge in [-0.1, -0.05) is 18.2 Å². The molecule has 0 saturated carbocycles. The number of carbonyl (C=O) groups is 1. The molecule has 0 aliphatic rings. The van der Waals surface area contributed by atoms with Crippen molar-refractivity contribution < 1.29 is 13.6 Å². The fourth-order valence-electron chi connectivity index (χ4n) is 2.93. The van der Waals surface area contributed by atoms with Gasteiger partial charge in [-0.3, -0.25) is 4.79 Å². The minimum Gasteiger partial charge on any atom is -0.436 e. The summed E-state index contributed by atoms with van der Waals surface area (Å²) in [5, 5.41) is 2.75. The molecule has 27 heavy (non-hydrogen) atoms. The average molecular weight is 360 g/mol. The van der Waals surface area contributed by atoms with Gasteiger partial charge >= 0.3 is 0 Å². The molecular weight excluding hydrogens is 343 g/mol. The van der Waals surface area contributed by atoms with Crippen molar-refractivity contribution in [2.75, 3.05) is 5.32 Å². The van der Waals surface area contributed by atoms with Gasteiger partial charge in [0.2, 0.25) is 5.89 Å². The van der Waals surface area contributed by atoms with Crippen molar-refractivity contribution in [1.29, 1.82) is 0 Å². The Morgan fingerprint density at radius 3 is 2.63 bits per heavy atom. The van der Waals surface area contributed by atoms with Crippen molar-refractivity contribution in [3.63, 3.8) is 0 Å². The number of hydrogen-bond acceptors (Lipinski definition) is 3. The van der Waals surface area contributed by atoms with E-state index in [1.165, 1.54) is 12.1 Å². The first-order valence-corrected chi connectivity index (χ1v) is 8.55. The first kappa shape index (κ1) is 17.0. The van der Waals surface area contributed by atoms with E-state index in [9.17, 15) is 9.18 Å². The maximum Gasteiger partial charge on any atom is 0.258 e. The molecule has 5 heteroatoms. The van der Waals surface area contributed by atoms with Gasteiger partial charge in [-0.2, -0.15) is 0 Å². The van der Waals surface area contributed by atoms with Gasteiger partial charge in [-0.05, 0) is 67.4 Å². The second-order valence-corrected chi connectivity index (χ2v) is 6.45. The number of benzene rings is 3. The van der Waals surface area contributed by atoms with Crippen molar-refractivity contribution in [3.05, 3.63) is 83.2 Å². The SMILES string of the molecule is Cc1ccc2oc(-c3ccc(NC(=O)c4ccccc4F)c(C)c3)nc2c1. The number of fused-ring (bicyclic) bond motifs is 1. The molecule has 0 saturated heterocycles. The third-order valence-electron chi connectivity index (χ3n) is 4.38. The lowest BCUT2D eigenvalue weighted by Gasteiger charge is -2.10. The molecule has 0 aliphatic heterocycles. The van der Waals surface area contributed by atoms with Gasteiger partial charge in [0.15, 0.2) is 5.58 Å². The minimum atomic E-state index is -0.550. The zero-order valence-corrected chi connectivity index (χ0v) is 14.9. The number of amides is 1. The fourth-order valence-corrected chi connectivity index (χ4v) is 2.93. The third-order valence-corrected chi connectivity index (χ3v) is 4.38. The van der Waals surface area contributed by atoms with Gasteiger partial charge in [0.1, 0.15) is 11.3 Å². The number of carbonyl (C=O) groups excluding carboxylic acids is 1. The van der Waals surface area contributed by atoms with Crippen LogP contribution in [0, 0.1) is 19.7 Å². The third kappa shape index (κ3) is 3.31. The van der Waals surface area contributed by atoms with Crippen LogP contribution in [0.25, 0.3) is 22.6 Å². The number of nitrogens with zero attached hydrogens (tertiary/aromatic N) is 1. The highest BCUT2D eigenvalue weighted by molar-refractivity contribution is 6.04. The first-order valence-electron chi connectivity index (χ1n) is 8.55. The molecule has 0 fully saturated rings.